The summed E-state index contributed by atoms with van der Waals surface area (Å²) in [6.45, 7) is 2.69. The molecular formula is C27H31F3O5. The Labute approximate surface area is 203 Å². The third kappa shape index (κ3) is 12.1. The van der Waals surface area contributed by atoms with Crippen molar-refractivity contribution < 1.29 is 37.0 Å². The van der Waals surface area contributed by atoms with Crippen molar-refractivity contribution in [1.29, 1.82) is 0 Å². The lowest BCUT2D eigenvalue weighted by Gasteiger charge is -2.09. The summed E-state index contributed by atoms with van der Waals surface area (Å²) in [6.07, 6.45) is 2.45. The van der Waals surface area contributed by atoms with Crippen molar-refractivity contribution >= 4 is 18.0 Å². The SMILES string of the molecule is CCCCCCOC(=O)C=Cc1ccc(OC(=O)c2ccc(OCCCCC(F)(F)F)cc2)cc1. The van der Waals surface area contributed by atoms with E-state index in [4.69, 9.17) is 14.2 Å². The minimum atomic E-state index is -4.15. The Morgan fingerprint density at radius 3 is 2.14 bits per heavy atom. The highest BCUT2D eigenvalue weighted by molar-refractivity contribution is 5.91. The molecule has 0 aliphatic heterocycles. The number of rotatable bonds is 14. The molecule has 0 spiro atoms. The summed E-state index contributed by atoms with van der Waals surface area (Å²) >= 11 is 0. The molecule has 0 N–H and O–H groups in total. The third-order valence-corrected chi connectivity index (χ3v) is 4.96. The molecule has 0 saturated heterocycles. The Morgan fingerprint density at radius 2 is 1.49 bits per heavy atom. The number of alkyl halides is 3. The first-order valence-electron chi connectivity index (χ1n) is 11.7. The number of carbonyl (C=O) groups excluding carboxylic acids is 2. The molecule has 5 nitrogen and oxygen atoms in total. The standard InChI is InChI=1S/C27H31F3O5/c1-2-3-4-6-20-34-25(31)17-10-21-8-13-24(14-9-21)35-26(32)22-11-15-23(16-12-22)33-19-7-5-18-27(28,29)30/h8-17H,2-7,18-20H2,1H3. The Balaban J connectivity index is 1.74. The molecule has 190 valence electrons. The van der Waals surface area contributed by atoms with E-state index < -0.39 is 24.5 Å². The molecule has 0 radical (unpaired) electrons. The molecule has 0 heterocycles. The van der Waals surface area contributed by atoms with Crippen LogP contribution in [0.25, 0.3) is 6.08 Å². The van der Waals surface area contributed by atoms with Gasteiger partial charge in [0.15, 0.2) is 0 Å². The quantitative estimate of drug-likeness (QED) is 0.121. The first-order valence-corrected chi connectivity index (χ1v) is 11.7. The van der Waals surface area contributed by atoms with E-state index in [1.54, 1.807) is 42.5 Å². The maximum Gasteiger partial charge on any atom is 0.389 e. The van der Waals surface area contributed by atoms with E-state index in [9.17, 15) is 22.8 Å². The minimum Gasteiger partial charge on any atom is -0.494 e. The van der Waals surface area contributed by atoms with Crippen LogP contribution in [0, 0.1) is 0 Å². The molecule has 2 aromatic rings. The van der Waals surface area contributed by atoms with Crippen LogP contribution in [0.2, 0.25) is 0 Å². The van der Waals surface area contributed by atoms with Crippen LogP contribution in [0.3, 0.4) is 0 Å². The number of hydrogen-bond donors (Lipinski definition) is 0. The van der Waals surface area contributed by atoms with Gasteiger partial charge < -0.3 is 14.2 Å². The average Bonchev–Trinajstić information content (AvgIpc) is 2.83. The highest BCUT2D eigenvalue weighted by atomic mass is 19.4. The average molecular weight is 493 g/mol. The van der Waals surface area contributed by atoms with Crippen molar-refractivity contribution in [3.8, 4) is 11.5 Å². The number of hydrogen-bond acceptors (Lipinski definition) is 5. The Morgan fingerprint density at radius 1 is 0.829 bits per heavy atom. The van der Waals surface area contributed by atoms with Gasteiger partial charge in [-0.25, -0.2) is 9.59 Å². The highest BCUT2D eigenvalue weighted by Gasteiger charge is 2.25. The zero-order chi connectivity index (χ0) is 25.5. The summed E-state index contributed by atoms with van der Waals surface area (Å²) in [4.78, 5) is 24.1. The smallest absolute Gasteiger partial charge is 0.389 e. The van der Waals surface area contributed by atoms with Gasteiger partial charge in [-0.3, -0.25) is 0 Å². The molecular weight excluding hydrogens is 461 g/mol. The normalized spacial score (nSPS) is 11.4. The van der Waals surface area contributed by atoms with Crippen LogP contribution in [0.4, 0.5) is 13.2 Å². The third-order valence-electron chi connectivity index (χ3n) is 4.96. The second-order valence-electron chi connectivity index (χ2n) is 7.97. The topological polar surface area (TPSA) is 61.8 Å². The lowest BCUT2D eigenvalue weighted by atomic mass is 10.2. The van der Waals surface area contributed by atoms with E-state index in [1.165, 1.54) is 18.2 Å². The lowest BCUT2D eigenvalue weighted by molar-refractivity contribution is -0.138. The Bertz CT molecular complexity index is 935. The van der Waals surface area contributed by atoms with Gasteiger partial charge in [0.1, 0.15) is 11.5 Å². The highest BCUT2D eigenvalue weighted by Crippen LogP contribution is 2.22. The van der Waals surface area contributed by atoms with Crippen molar-refractivity contribution in [2.24, 2.45) is 0 Å². The predicted molar refractivity (Wildman–Crippen MR) is 127 cm³/mol. The number of benzene rings is 2. The summed E-state index contributed by atoms with van der Waals surface area (Å²) in [5.74, 6) is -0.151. The second kappa shape index (κ2) is 14.9. The van der Waals surface area contributed by atoms with Gasteiger partial charge in [0.25, 0.3) is 0 Å². The van der Waals surface area contributed by atoms with Crippen LogP contribution >= 0.6 is 0 Å². The van der Waals surface area contributed by atoms with Crippen LogP contribution in [0.15, 0.2) is 54.6 Å². The predicted octanol–water partition coefficient (Wildman–Crippen LogP) is 7.15. The fraction of sp³-hybridized carbons (Fsp3) is 0.407. The van der Waals surface area contributed by atoms with Crippen molar-refractivity contribution in [2.45, 2.75) is 58.0 Å². The molecule has 0 aromatic heterocycles. The van der Waals surface area contributed by atoms with Gasteiger partial charge in [-0.15, -0.1) is 0 Å². The van der Waals surface area contributed by atoms with E-state index in [1.807, 2.05) is 0 Å². The minimum absolute atomic E-state index is 0.00566. The van der Waals surface area contributed by atoms with Crippen LogP contribution in [0.5, 0.6) is 11.5 Å². The number of unbranched alkanes of at least 4 members (excludes halogenated alkanes) is 4. The first-order chi connectivity index (χ1) is 16.8. The summed E-state index contributed by atoms with van der Waals surface area (Å²) in [5, 5.41) is 0. The van der Waals surface area contributed by atoms with Gasteiger partial charge in [0.2, 0.25) is 0 Å². The monoisotopic (exact) mass is 492 g/mol. The molecule has 0 saturated carbocycles. The summed E-state index contributed by atoms with van der Waals surface area (Å²) < 4.78 is 52.3. The molecule has 2 rings (SSSR count). The zero-order valence-electron chi connectivity index (χ0n) is 19.8. The molecule has 0 bridgehead atoms. The van der Waals surface area contributed by atoms with Crippen LogP contribution < -0.4 is 9.47 Å². The molecule has 0 amide bonds. The molecule has 2 aromatic carbocycles. The van der Waals surface area contributed by atoms with E-state index in [2.05, 4.69) is 6.92 Å². The van der Waals surface area contributed by atoms with Gasteiger partial charge in [-0.05, 0) is 67.3 Å². The molecule has 35 heavy (non-hydrogen) atoms. The van der Waals surface area contributed by atoms with E-state index in [0.717, 1.165) is 31.2 Å². The molecule has 0 unspecified atom stereocenters. The van der Waals surface area contributed by atoms with Crippen molar-refractivity contribution in [3.05, 3.63) is 65.7 Å². The second-order valence-corrected chi connectivity index (χ2v) is 7.97. The maximum atomic E-state index is 12.3. The van der Waals surface area contributed by atoms with Gasteiger partial charge >= 0.3 is 18.1 Å². The van der Waals surface area contributed by atoms with Gasteiger partial charge in [-0.1, -0.05) is 38.3 Å². The number of carbonyl (C=O) groups is 2. The van der Waals surface area contributed by atoms with E-state index >= 15 is 0 Å². The van der Waals surface area contributed by atoms with Gasteiger partial charge in [0.05, 0.1) is 18.8 Å². The summed E-state index contributed by atoms with van der Waals surface area (Å²) in [5.41, 5.74) is 1.06. The summed E-state index contributed by atoms with van der Waals surface area (Å²) in [6, 6.07) is 12.8. The molecule has 8 heteroatoms. The number of ether oxygens (including phenoxy) is 3. The lowest BCUT2D eigenvalue weighted by Crippen LogP contribution is -2.09. The zero-order valence-corrected chi connectivity index (χ0v) is 19.8. The molecule has 0 fully saturated rings. The first kappa shape index (κ1) is 28.0. The van der Waals surface area contributed by atoms with Crippen molar-refractivity contribution in [3.63, 3.8) is 0 Å². The number of esters is 2. The molecule has 0 aliphatic rings. The van der Waals surface area contributed by atoms with Gasteiger partial charge in [-0.2, -0.15) is 13.2 Å². The Kier molecular flexibility index (Phi) is 11.9. The van der Waals surface area contributed by atoms with E-state index in [-0.39, 0.29) is 19.4 Å². The molecule has 0 aliphatic carbocycles. The summed E-state index contributed by atoms with van der Waals surface area (Å²) in [7, 11) is 0. The Hall–Kier alpha value is -3.29. The van der Waals surface area contributed by atoms with Crippen LogP contribution in [-0.2, 0) is 9.53 Å². The fourth-order valence-electron chi connectivity index (χ4n) is 3.03. The molecule has 0 atom stereocenters. The van der Waals surface area contributed by atoms with Crippen LogP contribution in [0.1, 0.15) is 67.8 Å². The number of halogens is 3. The maximum absolute atomic E-state index is 12.3. The van der Waals surface area contributed by atoms with Crippen molar-refractivity contribution in [2.75, 3.05) is 13.2 Å². The van der Waals surface area contributed by atoms with E-state index in [0.29, 0.717) is 23.7 Å². The van der Waals surface area contributed by atoms with Crippen molar-refractivity contribution in [1.82, 2.24) is 0 Å². The van der Waals surface area contributed by atoms with Gasteiger partial charge in [0, 0.05) is 12.5 Å². The fourth-order valence-corrected chi connectivity index (χ4v) is 3.03. The largest absolute Gasteiger partial charge is 0.494 e. The van der Waals surface area contributed by atoms with Crippen LogP contribution in [-0.4, -0.2) is 31.3 Å².